The van der Waals surface area contributed by atoms with Crippen LogP contribution in [0.25, 0.3) is 0 Å². The van der Waals surface area contributed by atoms with E-state index in [1.54, 1.807) is 18.2 Å². The summed E-state index contributed by atoms with van der Waals surface area (Å²) in [5.41, 5.74) is 0.573. The number of nitrogens with zero attached hydrogens (tertiary/aromatic N) is 1. The van der Waals surface area contributed by atoms with E-state index in [-0.39, 0.29) is 5.91 Å². The van der Waals surface area contributed by atoms with Gasteiger partial charge in [0.15, 0.2) is 0 Å². The number of amides is 1. The normalized spacial score (nSPS) is 25.6. The molecule has 1 aromatic carbocycles. The highest BCUT2D eigenvalue weighted by molar-refractivity contribution is 6.43. The second-order valence-electron chi connectivity index (χ2n) is 5.81. The van der Waals surface area contributed by atoms with Gasteiger partial charge in [0.25, 0.3) is 0 Å². The first-order chi connectivity index (χ1) is 10.1. The highest BCUT2D eigenvalue weighted by atomic mass is 35.5. The summed E-state index contributed by atoms with van der Waals surface area (Å²) in [5, 5.41) is 7.22. The first-order valence-corrected chi connectivity index (χ1v) is 8.08. The van der Waals surface area contributed by atoms with Gasteiger partial charge in [-0.15, -0.1) is 0 Å². The summed E-state index contributed by atoms with van der Waals surface area (Å²) in [7, 11) is 0. The Morgan fingerprint density at radius 2 is 2.24 bits per heavy atom. The van der Waals surface area contributed by atoms with Gasteiger partial charge in [0.2, 0.25) is 5.91 Å². The van der Waals surface area contributed by atoms with Crippen LogP contribution in [0.5, 0.6) is 0 Å². The summed E-state index contributed by atoms with van der Waals surface area (Å²) >= 11 is 12.0. The van der Waals surface area contributed by atoms with Gasteiger partial charge in [-0.3, -0.25) is 9.69 Å². The minimum Gasteiger partial charge on any atom is -0.324 e. The van der Waals surface area contributed by atoms with Crippen LogP contribution >= 0.6 is 23.2 Å². The number of fused-ring (bicyclic) bond motifs is 1. The van der Waals surface area contributed by atoms with Gasteiger partial charge >= 0.3 is 0 Å². The second kappa shape index (κ2) is 6.53. The van der Waals surface area contributed by atoms with E-state index in [0.29, 0.717) is 34.2 Å². The van der Waals surface area contributed by atoms with E-state index >= 15 is 0 Å². The Morgan fingerprint density at radius 1 is 1.38 bits per heavy atom. The maximum Gasteiger partial charge on any atom is 0.238 e. The Balaban J connectivity index is 1.56. The van der Waals surface area contributed by atoms with Crippen LogP contribution in [-0.4, -0.2) is 43.0 Å². The summed E-state index contributed by atoms with van der Waals surface area (Å²) in [4.78, 5) is 14.4. The maximum atomic E-state index is 12.2. The van der Waals surface area contributed by atoms with Crippen molar-refractivity contribution in [2.75, 3.05) is 31.5 Å². The molecule has 0 radical (unpaired) electrons. The summed E-state index contributed by atoms with van der Waals surface area (Å²) < 4.78 is 0. The lowest BCUT2D eigenvalue weighted by Crippen LogP contribution is -2.41. The van der Waals surface area contributed by atoms with Gasteiger partial charge < -0.3 is 10.6 Å². The van der Waals surface area contributed by atoms with Crippen molar-refractivity contribution in [3.8, 4) is 0 Å². The third-order valence-corrected chi connectivity index (χ3v) is 5.09. The molecule has 2 saturated heterocycles. The Hall–Kier alpha value is -0.810. The molecule has 21 heavy (non-hydrogen) atoms. The monoisotopic (exact) mass is 327 g/mol. The van der Waals surface area contributed by atoms with Gasteiger partial charge in [-0.05, 0) is 37.4 Å². The van der Waals surface area contributed by atoms with Crippen molar-refractivity contribution in [1.29, 1.82) is 0 Å². The number of benzene rings is 1. The fraction of sp³-hybridized carbons (Fsp3) is 0.533. The molecule has 2 heterocycles. The van der Waals surface area contributed by atoms with E-state index in [1.165, 1.54) is 12.8 Å². The minimum atomic E-state index is -0.0437. The third kappa shape index (κ3) is 3.51. The zero-order valence-electron chi connectivity index (χ0n) is 11.7. The van der Waals surface area contributed by atoms with Crippen LogP contribution in [0.15, 0.2) is 18.2 Å². The summed E-state index contributed by atoms with van der Waals surface area (Å²) in [5.74, 6) is 0.638. The number of nitrogens with one attached hydrogen (secondary N) is 2. The topological polar surface area (TPSA) is 44.4 Å². The summed E-state index contributed by atoms with van der Waals surface area (Å²) in [6, 6.07) is 5.78. The molecule has 4 nitrogen and oxygen atoms in total. The predicted octanol–water partition coefficient (Wildman–Crippen LogP) is 2.62. The van der Waals surface area contributed by atoms with Crippen LogP contribution in [0.3, 0.4) is 0 Å². The number of likely N-dealkylation sites (tertiary alicyclic amines) is 1. The van der Waals surface area contributed by atoms with Crippen molar-refractivity contribution in [3.05, 3.63) is 28.2 Å². The highest BCUT2D eigenvalue weighted by Gasteiger charge is 2.34. The number of carbonyl (C=O) groups is 1. The van der Waals surface area contributed by atoms with Crippen molar-refractivity contribution in [2.45, 2.75) is 18.9 Å². The van der Waals surface area contributed by atoms with E-state index in [4.69, 9.17) is 23.2 Å². The number of hydrogen-bond acceptors (Lipinski definition) is 3. The molecule has 0 unspecified atom stereocenters. The number of piperidine rings is 1. The number of carbonyl (C=O) groups excluding carboxylic acids is 1. The zero-order valence-corrected chi connectivity index (χ0v) is 13.3. The average molecular weight is 328 g/mol. The van der Waals surface area contributed by atoms with Crippen LogP contribution in [0.1, 0.15) is 12.8 Å². The third-order valence-electron chi connectivity index (χ3n) is 4.27. The fourth-order valence-electron chi connectivity index (χ4n) is 3.26. The number of rotatable bonds is 3. The quantitative estimate of drug-likeness (QED) is 0.896. The molecule has 2 aliphatic rings. The molecule has 2 aliphatic heterocycles. The Bertz CT molecular complexity index is 524. The van der Waals surface area contributed by atoms with E-state index < -0.39 is 0 Å². The summed E-state index contributed by atoms with van der Waals surface area (Å²) in [6.45, 7) is 3.44. The van der Waals surface area contributed by atoms with Gasteiger partial charge in [0.05, 0.1) is 22.3 Å². The van der Waals surface area contributed by atoms with Crippen molar-refractivity contribution >= 4 is 34.8 Å². The Kier molecular flexibility index (Phi) is 4.69. The molecule has 0 spiro atoms. The highest BCUT2D eigenvalue weighted by Crippen LogP contribution is 2.29. The molecule has 0 aromatic heterocycles. The van der Waals surface area contributed by atoms with Crippen LogP contribution in [0, 0.1) is 5.92 Å². The van der Waals surface area contributed by atoms with Crippen LogP contribution in [-0.2, 0) is 4.79 Å². The molecular weight excluding hydrogens is 309 g/mol. The smallest absolute Gasteiger partial charge is 0.238 e. The standard InChI is InChI=1S/C15H19Cl2N3O/c16-11-4-1-5-12(15(11)17)19-14(21)9-20-7-10-3-2-6-18-13(10)8-20/h1,4-5,10,13,18H,2-3,6-9H2,(H,19,21)/t10-,13+/m0/s1. The molecule has 2 atom stereocenters. The molecule has 0 saturated carbocycles. The first-order valence-electron chi connectivity index (χ1n) is 7.33. The molecular formula is C15H19Cl2N3O. The molecule has 6 heteroatoms. The summed E-state index contributed by atoms with van der Waals surface area (Å²) in [6.07, 6.45) is 2.50. The van der Waals surface area contributed by atoms with Crippen molar-refractivity contribution in [3.63, 3.8) is 0 Å². The van der Waals surface area contributed by atoms with Gasteiger partial charge in [-0.25, -0.2) is 0 Å². The molecule has 2 N–H and O–H groups in total. The fourth-order valence-corrected chi connectivity index (χ4v) is 3.61. The number of hydrogen-bond donors (Lipinski definition) is 2. The largest absolute Gasteiger partial charge is 0.324 e. The Morgan fingerprint density at radius 3 is 3.05 bits per heavy atom. The predicted molar refractivity (Wildman–Crippen MR) is 86.0 cm³/mol. The minimum absolute atomic E-state index is 0.0437. The number of anilines is 1. The lowest BCUT2D eigenvalue weighted by Gasteiger charge is -2.24. The second-order valence-corrected chi connectivity index (χ2v) is 6.59. The number of halogens is 2. The van der Waals surface area contributed by atoms with E-state index in [0.717, 1.165) is 19.6 Å². The lowest BCUT2D eigenvalue weighted by molar-refractivity contribution is -0.117. The van der Waals surface area contributed by atoms with Crippen molar-refractivity contribution < 1.29 is 4.79 Å². The van der Waals surface area contributed by atoms with Crippen LogP contribution < -0.4 is 10.6 Å². The molecule has 1 amide bonds. The first kappa shape index (κ1) is 15.1. The lowest BCUT2D eigenvalue weighted by atomic mass is 9.94. The van der Waals surface area contributed by atoms with Gasteiger partial charge in [0, 0.05) is 19.1 Å². The zero-order chi connectivity index (χ0) is 14.8. The molecule has 2 fully saturated rings. The van der Waals surface area contributed by atoms with Gasteiger partial charge in [0.1, 0.15) is 0 Å². The van der Waals surface area contributed by atoms with Crippen LogP contribution in [0.2, 0.25) is 10.0 Å². The van der Waals surface area contributed by atoms with Crippen LogP contribution in [0.4, 0.5) is 5.69 Å². The SMILES string of the molecule is O=C(CN1C[C@@H]2CCCN[C@@H]2C1)Nc1cccc(Cl)c1Cl. The van der Waals surface area contributed by atoms with E-state index in [2.05, 4.69) is 15.5 Å². The molecule has 114 valence electrons. The van der Waals surface area contributed by atoms with Gasteiger partial charge in [-0.1, -0.05) is 29.3 Å². The van der Waals surface area contributed by atoms with Crippen molar-refractivity contribution in [1.82, 2.24) is 10.2 Å². The molecule has 0 aliphatic carbocycles. The Labute approximate surface area is 134 Å². The molecule has 3 rings (SSSR count). The maximum absolute atomic E-state index is 12.2. The molecule has 0 bridgehead atoms. The van der Waals surface area contributed by atoms with E-state index in [1.807, 2.05) is 0 Å². The molecule has 1 aromatic rings. The van der Waals surface area contributed by atoms with Gasteiger partial charge in [-0.2, -0.15) is 0 Å². The van der Waals surface area contributed by atoms with E-state index in [9.17, 15) is 4.79 Å². The average Bonchev–Trinajstić information content (AvgIpc) is 2.86. The van der Waals surface area contributed by atoms with Crippen molar-refractivity contribution in [2.24, 2.45) is 5.92 Å².